The van der Waals surface area contributed by atoms with E-state index in [9.17, 15) is 9.59 Å². The van der Waals surface area contributed by atoms with Crippen LogP contribution in [0.3, 0.4) is 0 Å². The molecule has 3 rings (SSSR count). The lowest BCUT2D eigenvalue weighted by Crippen LogP contribution is -2.48. The summed E-state index contributed by atoms with van der Waals surface area (Å²) in [4.78, 5) is 25.9. The first-order chi connectivity index (χ1) is 15.5. The highest BCUT2D eigenvalue weighted by Gasteiger charge is 2.39. The van der Waals surface area contributed by atoms with Crippen molar-refractivity contribution >= 4 is 23.6 Å². The Bertz CT molecular complexity index is 986. The van der Waals surface area contributed by atoms with Crippen LogP contribution in [0.5, 0.6) is 0 Å². The third kappa shape index (κ3) is 4.84. The van der Waals surface area contributed by atoms with Crippen molar-refractivity contribution < 1.29 is 9.59 Å². The van der Waals surface area contributed by atoms with Gasteiger partial charge in [0.1, 0.15) is 12.5 Å². The van der Waals surface area contributed by atoms with Crippen LogP contribution in [0.1, 0.15) is 23.1 Å². The van der Waals surface area contributed by atoms with Gasteiger partial charge in [-0.25, -0.2) is 0 Å². The number of hydrogen-bond donors (Lipinski definition) is 1. The second kappa shape index (κ2) is 10.7. The molecule has 1 atom stereocenters. The van der Waals surface area contributed by atoms with E-state index in [2.05, 4.69) is 36.4 Å². The third-order valence-electron chi connectivity index (χ3n) is 5.42. The van der Waals surface area contributed by atoms with E-state index in [1.807, 2.05) is 60.7 Å². The van der Waals surface area contributed by atoms with Crippen molar-refractivity contribution in [3.8, 4) is 6.07 Å². The van der Waals surface area contributed by atoms with Gasteiger partial charge in [0.2, 0.25) is 11.8 Å². The summed E-state index contributed by atoms with van der Waals surface area (Å²) >= 11 is 1.55. The smallest absolute Gasteiger partial charge is 0.241 e. The molecule has 0 spiro atoms. The van der Waals surface area contributed by atoms with Crippen LogP contribution in [0.2, 0.25) is 0 Å². The minimum absolute atomic E-state index is 0.266. The lowest BCUT2D eigenvalue weighted by Gasteiger charge is -2.37. The molecule has 0 aliphatic carbocycles. The molecule has 0 aliphatic heterocycles. The molecule has 0 radical (unpaired) electrons. The fourth-order valence-corrected chi connectivity index (χ4v) is 5.43. The van der Waals surface area contributed by atoms with Gasteiger partial charge in [0.25, 0.3) is 0 Å². The topological polar surface area (TPSA) is 87.2 Å². The van der Waals surface area contributed by atoms with Gasteiger partial charge < -0.3 is 10.6 Å². The molecule has 3 aromatic carbocycles. The van der Waals surface area contributed by atoms with Crippen LogP contribution < -0.4 is 5.73 Å². The number of likely N-dealkylation sites (N-methyl/N-ethyl adjacent to an activating group) is 1. The molecule has 0 fully saturated rings. The number of rotatable bonds is 9. The molecule has 6 heteroatoms. The van der Waals surface area contributed by atoms with Crippen LogP contribution in [0.15, 0.2) is 91.0 Å². The predicted octanol–water partition coefficient (Wildman–Crippen LogP) is 3.94. The van der Waals surface area contributed by atoms with E-state index in [0.29, 0.717) is 0 Å². The first-order valence-electron chi connectivity index (χ1n) is 10.2. The van der Waals surface area contributed by atoms with Crippen LogP contribution in [-0.4, -0.2) is 35.6 Å². The van der Waals surface area contributed by atoms with Gasteiger partial charge in [-0.1, -0.05) is 91.0 Å². The Balaban J connectivity index is 2.12. The Morgan fingerprint density at radius 1 is 0.906 bits per heavy atom. The predicted molar refractivity (Wildman–Crippen MR) is 128 cm³/mol. The first-order valence-corrected chi connectivity index (χ1v) is 11.2. The maximum Gasteiger partial charge on any atom is 0.241 e. The Labute approximate surface area is 192 Å². The normalized spacial score (nSPS) is 11.9. The number of nitrogens with two attached hydrogens (primary N) is 1. The summed E-state index contributed by atoms with van der Waals surface area (Å²) in [6.45, 7) is 0. The van der Waals surface area contributed by atoms with E-state index >= 15 is 0 Å². The summed E-state index contributed by atoms with van der Waals surface area (Å²) in [7, 11) is 1.52. The number of nitrogens with zero attached hydrogens (tertiary/aromatic N) is 2. The quantitative estimate of drug-likeness (QED) is 0.508. The molecule has 5 nitrogen and oxygen atoms in total. The lowest BCUT2D eigenvalue weighted by atomic mass is 9.84. The van der Waals surface area contributed by atoms with Crippen LogP contribution in [0, 0.1) is 11.3 Å². The molecule has 162 valence electrons. The van der Waals surface area contributed by atoms with Gasteiger partial charge in [-0.05, 0) is 16.7 Å². The molecule has 2 N–H and O–H groups in total. The number of thioether (sulfide) groups is 1. The Hall–Kier alpha value is -3.56. The van der Waals surface area contributed by atoms with Crippen LogP contribution in [-0.2, 0) is 14.3 Å². The summed E-state index contributed by atoms with van der Waals surface area (Å²) in [5.41, 5.74) is 8.85. The van der Waals surface area contributed by atoms with E-state index in [4.69, 9.17) is 11.0 Å². The number of hydrogen-bond acceptors (Lipinski definition) is 4. The molecule has 0 saturated carbocycles. The number of nitriles is 1. The molecular weight excluding hydrogens is 418 g/mol. The highest BCUT2D eigenvalue weighted by Crippen LogP contribution is 2.48. The second-order valence-corrected chi connectivity index (χ2v) is 8.58. The molecule has 0 heterocycles. The third-order valence-corrected chi connectivity index (χ3v) is 7.04. The fraction of sp³-hybridized carbons (Fsp3) is 0.192. The number of carbonyl (C=O) groups is 2. The number of primary amides is 1. The summed E-state index contributed by atoms with van der Waals surface area (Å²) in [5.74, 6) is -0.766. The molecule has 0 aromatic heterocycles. The van der Waals surface area contributed by atoms with Crippen molar-refractivity contribution in [2.45, 2.75) is 17.2 Å². The average molecular weight is 444 g/mol. The lowest BCUT2D eigenvalue weighted by molar-refractivity contribution is -0.136. The average Bonchev–Trinajstić information content (AvgIpc) is 2.83. The molecule has 3 aromatic rings. The largest absolute Gasteiger partial charge is 0.368 e. The summed E-state index contributed by atoms with van der Waals surface area (Å²) < 4.78 is -0.628. The van der Waals surface area contributed by atoms with Gasteiger partial charge in [-0.3, -0.25) is 9.59 Å². The highest BCUT2D eigenvalue weighted by molar-refractivity contribution is 8.00. The van der Waals surface area contributed by atoms with Crippen molar-refractivity contribution in [2.24, 2.45) is 5.73 Å². The van der Waals surface area contributed by atoms with Gasteiger partial charge in [0.05, 0.1) is 10.8 Å². The van der Waals surface area contributed by atoms with E-state index in [0.717, 1.165) is 16.7 Å². The fourth-order valence-electron chi connectivity index (χ4n) is 3.72. The number of benzene rings is 3. The standard InChI is InChI=1S/C26H25N3O2S/c1-29(24(30)17-18-27)23(25(28)31)19-32-26(20-11-5-2-6-12-20,21-13-7-3-8-14-21)22-15-9-4-10-16-22/h2-16,23H,17,19H2,1H3,(H2,28,31)/t23-/m0/s1. The Kier molecular flexibility index (Phi) is 7.69. The minimum Gasteiger partial charge on any atom is -0.368 e. The second-order valence-electron chi connectivity index (χ2n) is 7.35. The van der Waals surface area contributed by atoms with Gasteiger partial charge in [-0.2, -0.15) is 5.26 Å². The molecule has 32 heavy (non-hydrogen) atoms. The molecule has 0 bridgehead atoms. The summed E-state index contributed by atoms with van der Waals surface area (Å²) in [5, 5.41) is 8.89. The van der Waals surface area contributed by atoms with Crippen molar-refractivity contribution in [1.29, 1.82) is 5.26 Å². The molecular formula is C26H25N3O2S. The molecule has 0 unspecified atom stereocenters. The monoisotopic (exact) mass is 443 g/mol. The van der Waals surface area contributed by atoms with Crippen LogP contribution in [0.4, 0.5) is 0 Å². The summed E-state index contributed by atoms with van der Waals surface area (Å²) in [6, 6.07) is 31.2. The minimum atomic E-state index is -0.851. The number of amides is 2. The van der Waals surface area contributed by atoms with E-state index in [1.54, 1.807) is 11.8 Å². The zero-order valence-electron chi connectivity index (χ0n) is 17.8. The first kappa shape index (κ1) is 23.1. The van der Waals surface area contributed by atoms with Crippen molar-refractivity contribution in [3.05, 3.63) is 108 Å². The molecule has 0 aliphatic rings. The van der Waals surface area contributed by atoms with Crippen LogP contribution in [0.25, 0.3) is 0 Å². The van der Waals surface area contributed by atoms with Crippen LogP contribution >= 0.6 is 11.8 Å². The van der Waals surface area contributed by atoms with E-state index < -0.39 is 22.6 Å². The zero-order valence-corrected chi connectivity index (χ0v) is 18.7. The van der Waals surface area contributed by atoms with Crippen molar-refractivity contribution in [1.82, 2.24) is 4.90 Å². The summed E-state index contributed by atoms with van der Waals surface area (Å²) in [6.07, 6.45) is -0.299. The Morgan fingerprint density at radius 2 is 1.31 bits per heavy atom. The molecule has 0 saturated heterocycles. The SMILES string of the molecule is CN(C(=O)CC#N)[C@@H](CSC(c1ccccc1)(c1ccccc1)c1ccccc1)C(N)=O. The zero-order chi connectivity index (χ0) is 23.0. The Morgan fingerprint density at radius 3 is 1.66 bits per heavy atom. The van der Waals surface area contributed by atoms with Gasteiger partial charge in [0.15, 0.2) is 0 Å². The van der Waals surface area contributed by atoms with Crippen molar-refractivity contribution in [2.75, 3.05) is 12.8 Å². The van der Waals surface area contributed by atoms with Crippen molar-refractivity contribution in [3.63, 3.8) is 0 Å². The van der Waals surface area contributed by atoms with Gasteiger partial charge in [0, 0.05) is 12.8 Å². The highest BCUT2D eigenvalue weighted by atomic mass is 32.2. The maximum atomic E-state index is 12.3. The van der Waals surface area contributed by atoms with E-state index in [-0.39, 0.29) is 12.2 Å². The van der Waals surface area contributed by atoms with E-state index in [1.165, 1.54) is 11.9 Å². The van der Waals surface area contributed by atoms with Gasteiger partial charge in [-0.15, -0.1) is 11.8 Å². The maximum absolute atomic E-state index is 12.3. The number of carbonyl (C=O) groups excluding carboxylic acids is 2. The molecule has 2 amide bonds. The van der Waals surface area contributed by atoms with Gasteiger partial charge >= 0.3 is 0 Å².